The van der Waals surface area contributed by atoms with Crippen LogP contribution in [0, 0.1) is 24.7 Å². The van der Waals surface area contributed by atoms with Gasteiger partial charge in [0.2, 0.25) is 0 Å². The first-order valence-electron chi connectivity index (χ1n) is 13.9. The number of carbonyl (C=O) groups is 3. The molecule has 3 rings (SSSR count). The van der Waals surface area contributed by atoms with E-state index < -0.39 is 0 Å². The Labute approximate surface area is 240 Å². The fraction of sp³-hybridized carbons (Fsp3) is 0.400. The minimum absolute atomic E-state index is 0.00258. The van der Waals surface area contributed by atoms with Gasteiger partial charge in [0.25, 0.3) is 0 Å². The van der Waals surface area contributed by atoms with E-state index >= 15 is 0 Å². The lowest BCUT2D eigenvalue weighted by Gasteiger charge is -2.15. The zero-order valence-corrected chi connectivity index (χ0v) is 25.8. The van der Waals surface area contributed by atoms with Crippen LogP contribution in [0.2, 0.25) is 0 Å². The van der Waals surface area contributed by atoms with Crippen LogP contribution in [0.15, 0.2) is 72.8 Å². The monoisotopic (exact) mass is 546 g/mol. The van der Waals surface area contributed by atoms with E-state index in [9.17, 15) is 14.4 Å². The molecule has 0 radical (unpaired) electrons. The number of carbonyl (C=O) groups excluding carboxylic acids is 3. The SMILES string of the molecule is CC(C)C(=O)c1ccccc1.COc1ccc(C(=O)C(C)C)cc1.Cc1ccc(C(=O)C(C)C)c(OC(C)C)c1. The van der Waals surface area contributed by atoms with Crippen molar-refractivity contribution in [3.8, 4) is 11.5 Å². The first-order chi connectivity index (χ1) is 18.8. The van der Waals surface area contributed by atoms with Crippen LogP contribution in [0.1, 0.15) is 92.0 Å². The van der Waals surface area contributed by atoms with Gasteiger partial charge in [-0.15, -0.1) is 0 Å². The van der Waals surface area contributed by atoms with E-state index in [1.165, 1.54) is 0 Å². The average Bonchev–Trinajstić information content (AvgIpc) is 2.92. The summed E-state index contributed by atoms with van der Waals surface area (Å²) in [5.41, 5.74) is 3.35. The lowest BCUT2D eigenvalue weighted by Crippen LogP contribution is -2.13. The third-order valence-electron chi connectivity index (χ3n) is 5.77. The van der Waals surface area contributed by atoms with Crippen LogP contribution in [-0.4, -0.2) is 30.6 Å². The van der Waals surface area contributed by atoms with Gasteiger partial charge < -0.3 is 9.47 Å². The van der Waals surface area contributed by atoms with Crippen molar-refractivity contribution >= 4 is 17.3 Å². The van der Waals surface area contributed by atoms with Crippen molar-refractivity contribution in [3.63, 3.8) is 0 Å². The normalized spacial score (nSPS) is 10.4. The summed E-state index contributed by atoms with van der Waals surface area (Å²) >= 11 is 0. The van der Waals surface area contributed by atoms with Crippen LogP contribution in [0.3, 0.4) is 0 Å². The standard InChI is InChI=1S/C14H20O2.C11H14O2.C10H12O/c1-9(2)14(15)12-7-6-11(5)8-13(12)16-10(3)4;1-8(2)11(12)9-4-6-10(13-3)7-5-9;1-8(2)10(11)9-6-4-3-5-7-9/h6-10H,1-5H3;4-8H,1-3H3;3-8H,1-2H3. The number of methoxy groups -OCH3 is 1. The minimum atomic E-state index is -0.00258. The van der Waals surface area contributed by atoms with Gasteiger partial charge in [0.05, 0.1) is 18.8 Å². The molecule has 0 saturated heterocycles. The summed E-state index contributed by atoms with van der Waals surface area (Å²) in [5.74, 6) is 2.14. The Morgan fingerprint density at radius 2 is 1.07 bits per heavy atom. The molecule has 0 aliphatic heterocycles. The molecule has 3 aromatic carbocycles. The molecule has 0 saturated carbocycles. The quantitative estimate of drug-likeness (QED) is 0.251. The highest BCUT2D eigenvalue weighted by Gasteiger charge is 2.16. The van der Waals surface area contributed by atoms with Gasteiger partial charge in [-0.25, -0.2) is 0 Å². The summed E-state index contributed by atoms with van der Waals surface area (Å²) in [5, 5.41) is 0. The molecular weight excluding hydrogens is 500 g/mol. The number of Topliss-reactive ketones (excluding diaryl/α,β-unsaturated/α-hetero) is 3. The van der Waals surface area contributed by atoms with Gasteiger partial charge >= 0.3 is 0 Å². The van der Waals surface area contributed by atoms with E-state index in [0.29, 0.717) is 11.3 Å². The van der Waals surface area contributed by atoms with Crippen molar-refractivity contribution in [1.82, 2.24) is 0 Å². The van der Waals surface area contributed by atoms with Crippen molar-refractivity contribution in [2.45, 2.75) is 68.4 Å². The Morgan fingerprint density at radius 1 is 0.600 bits per heavy atom. The lowest BCUT2D eigenvalue weighted by molar-refractivity contribution is 0.0927. The Balaban J connectivity index is 0.000000305. The molecule has 0 N–H and O–H groups in total. The third kappa shape index (κ3) is 11.6. The largest absolute Gasteiger partial charge is 0.497 e. The van der Waals surface area contributed by atoms with Gasteiger partial charge in [-0.2, -0.15) is 0 Å². The van der Waals surface area contributed by atoms with Crippen LogP contribution in [0.4, 0.5) is 0 Å². The van der Waals surface area contributed by atoms with E-state index in [1.807, 2.05) is 111 Å². The highest BCUT2D eigenvalue weighted by atomic mass is 16.5. The van der Waals surface area contributed by atoms with Crippen molar-refractivity contribution in [1.29, 1.82) is 0 Å². The molecule has 0 aliphatic carbocycles. The number of hydrogen-bond acceptors (Lipinski definition) is 5. The topological polar surface area (TPSA) is 69.7 Å². The predicted octanol–water partition coefficient (Wildman–Crippen LogP) is 8.68. The second-order valence-corrected chi connectivity index (χ2v) is 10.8. The van der Waals surface area contributed by atoms with E-state index in [2.05, 4.69) is 0 Å². The van der Waals surface area contributed by atoms with Crippen LogP contribution in [0.5, 0.6) is 11.5 Å². The molecule has 5 nitrogen and oxygen atoms in total. The van der Waals surface area contributed by atoms with Crippen LogP contribution in [0.25, 0.3) is 0 Å². The molecule has 0 bridgehead atoms. The average molecular weight is 547 g/mol. The van der Waals surface area contributed by atoms with E-state index in [0.717, 1.165) is 22.4 Å². The first kappa shape index (κ1) is 34.3. The molecular formula is C35H46O5. The Hall–Kier alpha value is -3.73. The van der Waals surface area contributed by atoms with Crippen molar-refractivity contribution in [2.75, 3.05) is 7.11 Å². The lowest BCUT2D eigenvalue weighted by atomic mass is 9.99. The number of aryl methyl sites for hydroxylation is 1. The number of rotatable bonds is 9. The third-order valence-corrected chi connectivity index (χ3v) is 5.77. The summed E-state index contributed by atoms with van der Waals surface area (Å²) in [6.07, 6.45) is 0.0838. The molecule has 40 heavy (non-hydrogen) atoms. The molecule has 0 fully saturated rings. The zero-order chi connectivity index (χ0) is 30.4. The highest BCUT2D eigenvalue weighted by Crippen LogP contribution is 2.24. The van der Waals surface area contributed by atoms with Crippen LogP contribution in [-0.2, 0) is 0 Å². The maximum Gasteiger partial charge on any atom is 0.169 e. The van der Waals surface area contributed by atoms with Gasteiger partial charge in [-0.1, -0.05) is 77.9 Å². The molecule has 0 aliphatic rings. The van der Waals surface area contributed by atoms with E-state index in [1.54, 1.807) is 31.4 Å². The van der Waals surface area contributed by atoms with Crippen LogP contribution >= 0.6 is 0 Å². The van der Waals surface area contributed by atoms with Crippen molar-refractivity contribution < 1.29 is 23.9 Å². The summed E-state index contributed by atoms with van der Waals surface area (Å²) in [6, 6.07) is 22.3. The number of hydrogen-bond donors (Lipinski definition) is 0. The Kier molecular flexibility index (Phi) is 14.6. The van der Waals surface area contributed by atoms with E-state index in [-0.39, 0.29) is 41.2 Å². The predicted molar refractivity (Wildman–Crippen MR) is 164 cm³/mol. The molecule has 216 valence electrons. The zero-order valence-electron chi connectivity index (χ0n) is 25.8. The number of ether oxygens (including phenoxy) is 2. The fourth-order valence-electron chi connectivity index (χ4n) is 3.52. The minimum Gasteiger partial charge on any atom is -0.497 e. The highest BCUT2D eigenvalue weighted by molar-refractivity contribution is 6.00. The summed E-state index contributed by atoms with van der Waals surface area (Å²) in [4.78, 5) is 34.8. The molecule has 5 heteroatoms. The van der Waals surface area contributed by atoms with Crippen LogP contribution < -0.4 is 9.47 Å². The maximum absolute atomic E-state index is 12.0. The molecule has 0 amide bonds. The molecule has 0 atom stereocenters. The van der Waals surface area contributed by atoms with Gasteiger partial charge in [-0.3, -0.25) is 14.4 Å². The summed E-state index contributed by atoms with van der Waals surface area (Å²) in [7, 11) is 1.61. The first-order valence-corrected chi connectivity index (χ1v) is 13.9. The number of benzene rings is 3. The molecule has 0 unspecified atom stereocenters. The Morgan fingerprint density at radius 3 is 1.50 bits per heavy atom. The van der Waals surface area contributed by atoms with Gasteiger partial charge in [0, 0.05) is 28.9 Å². The summed E-state index contributed by atoms with van der Waals surface area (Å²) < 4.78 is 10.7. The second kappa shape index (κ2) is 17.1. The van der Waals surface area contributed by atoms with Crippen molar-refractivity contribution in [2.24, 2.45) is 17.8 Å². The smallest absolute Gasteiger partial charge is 0.169 e. The molecule has 0 spiro atoms. The van der Waals surface area contributed by atoms with Gasteiger partial charge in [-0.05, 0) is 62.7 Å². The number of ketones is 3. The molecule has 0 heterocycles. The van der Waals surface area contributed by atoms with Gasteiger partial charge in [0.15, 0.2) is 17.3 Å². The Bertz CT molecular complexity index is 1210. The molecule has 0 aromatic heterocycles. The van der Waals surface area contributed by atoms with Gasteiger partial charge in [0.1, 0.15) is 11.5 Å². The summed E-state index contributed by atoms with van der Waals surface area (Å²) in [6.45, 7) is 17.3. The van der Waals surface area contributed by atoms with E-state index in [4.69, 9.17) is 9.47 Å². The maximum atomic E-state index is 12.0. The molecule has 3 aromatic rings. The second-order valence-electron chi connectivity index (χ2n) is 10.8. The fourth-order valence-corrected chi connectivity index (χ4v) is 3.52. The van der Waals surface area contributed by atoms with Crippen molar-refractivity contribution in [3.05, 3.63) is 95.1 Å².